The lowest BCUT2D eigenvalue weighted by Gasteiger charge is -2.31. The maximum Gasteiger partial charge on any atom is 0.223 e. The summed E-state index contributed by atoms with van der Waals surface area (Å²) in [5, 5.41) is 3.57. The first-order chi connectivity index (χ1) is 14.0. The summed E-state index contributed by atoms with van der Waals surface area (Å²) in [5.74, 6) is -1.68. The lowest BCUT2D eigenvalue weighted by molar-refractivity contribution is -0.127. The van der Waals surface area contributed by atoms with Gasteiger partial charge < -0.3 is 14.6 Å². The average Bonchev–Trinajstić information content (AvgIpc) is 3.12. The Morgan fingerprint density at radius 3 is 2.52 bits per heavy atom. The normalized spacial score (nSPS) is 23.1. The predicted molar refractivity (Wildman–Crippen MR) is 106 cm³/mol. The molecule has 0 radical (unpaired) electrons. The lowest BCUT2D eigenvalue weighted by atomic mass is 9.85. The molecule has 1 saturated carbocycles. The topological polar surface area (TPSA) is 56.1 Å². The SMILES string of the molecule is O=C(NC1CCOCC1)[C@H]1CC[C@@H](n2cnc(-c3ccc(F)c(F)c3)c2Cl)CC1. The standard InChI is InChI=1S/C21H24ClF2N3O2/c22-20-19(14-3-6-17(23)18(24)11-14)25-12-27(20)16-4-1-13(2-5-16)21(28)26-15-7-9-29-10-8-15/h3,6,11-13,15-16H,1-2,4-5,7-10H2,(H,26,28)/t13-,16+. The van der Waals surface area contributed by atoms with Crippen LogP contribution in [0.4, 0.5) is 8.78 Å². The van der Waals surface area contributed by atoms with Crippen LogP contribution < -0.4 is 5.32 Å². The number of hydrogen-bond acceptors (Lipinski definition) is 3. The van der Waals surface area contributed by atoms with Crippen molar-refractivity contribution in [3.63, 3.8) is 0 Å². The molecule has 0 unspecified atom stereocenters. The molecule has 0 bridgehead atoms. The highest BCUT2D eigenvalue weighted by atomic mass is 35.5. The summed E-state index contributed by atoms with van der Waals surface area (Å²) in [6.45, 7) is 1.41. The Hall–Kier alpha value is -1.99. The second-order valence-electron chi connectivity index (χ2n) is 7.82. The molecule has 1 aliphatic carbocycles. The van der Waals surface area contributed by atoms with E-state index in [2.05, 4.69) is 10.3 Å². The number of imidazole rings is 1. The van der Waals surface area contributed by atoms with E-state index in [-0.39, 0.29) is 23.9 Å². The summed E-state index contributed by atoms with van der Waals surface area (Å²) in [7, 11) is 0. The zero-order valence-corrected chi connectivity index (χ0v) is 16.8. The van der Waals surface area contributed by atoms with Crippen molar-refractivity contribution < 1.29 is 18.3 Å². The minimum atomic E-state index is -0.927. The second-order valence-corrected chi connectivity index (χ2v) is 8.18. The molecule has 5 nitrogen and oxygen atoms in total. The Morgan fingerprint density at radius 2 is 1.83 bits per heavy atom. The van der Waals surface area contributed by atoms with E-state index >= 15 is 0 Å². The van der Waals surface area contributed by atoms with Crippen LogP contribution in [0, 0.1) is 17.6 Å². The third-order valence-corrected chi connectivity index (χ3v) is 6.33. The van der Waals surface area contributed by atoms with Gasteiger partial charge in [-0.25, -0.2) is 13.8 Å². The molecule has 1 aromatic heterocycles. The first-order valence-electron chi connectivity index (χ1n) is 10.1. The van der Waals surface area contributed by atoms with Gasteiger partial charge in [0.05, 0.1) is 6.33 Å². The van der Waals surface area contributed by atoms with Crippen LogP contribution in [0.25, 0.3) is 11.3 Å². The molecule has 1 aromatic carbocycles. The number of carbonyl (C=O) groups is 1. The summed E-state index contributed by atoms with van der Waals surface area (Å²) in [5.41, 5.74) is 0.877. The summed E-state index contributed by atoms with van der Waals surface area (Å²) in [6.07, 6.45) is 6.60. The summed E-state index contributed by atoms with van der Waals surface area (Å²) < 4.78 is 34.0. The van der Waals surface area contributed by atoms with Crippen LogP contribution in [0.2, 0.25) is 5.15 Å². The van der Waals surface area contributed by atoms with Gasteiger partial charge in [0.15, 0.2) is 11.6 Å². The van der Waals surface area contributed by atoms with E-state index < -0.39 is 11.6 Å². The molecule has 1 saturated heterocycles. The van der Waals surface area contributed by atoms with Crippen LogP contribution in [0.15, 0.2) is 24.5 Å². The van der Waals surface area contributed by atoms with Gasteiger partial charge in [-0.3, -0.25) is 4.79 Å². The number of aromatic nitrogens is 2. The highest BCUT2D eigenvalue weighted by Crippen LogP contribution is 2.37. The summed E-state index contributed by atoms with van der Waals surface area (Å²) in [6, 6.07) is 4.00. The molecular weight excluding hydrogens is 400 g/mol. The first-order valence-corrected chi connectivity index (χ1v) is 10.5. The molecule has 2 heterocycles. The third-order valence-electron chi connectivity index (χ3n) is 5.95. The van der Waals surface area contributed by atoms with Gasteiger partial charge >= 0.3 is 0 Å². The number of nitrogens with zero attached hydrogens (tertiary/aromatic N) is 2. The molecule has 2 fully saturated rings. The van der Waals surface area contributed by atoms with Gasteiger partial charge in [-0.1, -0.05) is 11.6 Å². The van der Waals surface area contributed by atoms with Crippen LogP contribution in [0.3, 0.4) is 0 Å². The fourth-order valence-electron chi connectivity index (χ4n) is 4.21. The molecule has 29 heavy (non-hydrogen) atoms. The van der Waals surface area contributed by atoms with Crippen LogP contribution in [0.5, 0.6) is 0 Å². The monoisotopic (exact) mass is 423 g/mol. The van der Waals surface area contributed by atoms with E-state index in [0.717, 1.165) is 50.7 Å². The number of nitrogens with one attached hydrogen (secondary N) is 1. The van der Waals surface area contributed by atoms with Crippen LogP contribution in [0.1, 0.15) is 44.6 Å². The van der Waals surface area contributed by atoms with E-state index in [1.165, 1.54) is 6.07 Å². The molecule has 1 amide bonds. The van der Waals surface area contributed by atoms with Gasteiger partial charge in [0, 0.05) is 36.8 Å². The van der Waals surface area contributed by atoms with E-state index in [4.69, 9.17) is 16.3 Å². The molecule has 8 heteroatoms. The Morgan fingerprint density at radius 1 is 1.10 bits per heavy atom. The Labute approximate surface area is 173 Å². The molecule has 4 rings (SSSR count). The molecule has 0 spiro atoms. The van der Waals surface area contributed by atoms with Gasteiger partial charge in [0.25, 0.3) is 0 Å². The zero-order valence-electron chi connectivity index (χ0n) is 16.0. The highest BCUT2D eigenvalue weighted by molar-refractivity contribution is 6.32. The fraction of sp³-hybridized carbons (Fsp3) is 0.524. The smallest absolute Gasteiger partial charge is 0.223 e. The largest absolute Gasteiger partial charge is 0.381 e. The van der Waals surface area contributed by atoms with E-state index in [9.17, 15) is 13.6 Å². The van der Waals surface area contributed by atoms with Gasteiger partial charge in [-0.05, 0) is 56.7 Å². The fourth-order valence-corrected chi connectivity index (χ4v) is 4.55. The van der Waals surface area contributed by atoms with E-state index in [1.54, 1.807) is 6.33 Å². The summed E-state index contributed by atoms with van der Waals surface area (Å²) >= 11 is 6.51. The average molecular weight is 424 g/mol. The number of amides is 1. The Balaban J connectivity index is 1.38. The lowest BCUT2D eigenvalue weighted by Crippen LogP contribution is -2.42. The van der Waals surface area contributed by atoms with Gasteiger partial charge in [0.1, 0.15) is 10.8 Å². The number of rotatable bonds is 4. The van der Waals surface area contributed by atoms with Crippen molar-refractivity contribution in [2.24, 2.45) is 5.92 Å². The molecule has 2 aliphatic rings. The molecule has 1 N–H and O–H groups in total. The number of halogens is 3. The number of hydrogen-bond donors (Lipinski definition) is 1. The summed E-state index contributed by atoms with van der Waals surface area (Å²) in [4.78, 5) is 16.9. The first kappa shape index (κ1) is 20.3. The van der Waals surface area contributed by atoms with Crippen LogP contribution in [-0.4, -0.2) is 34.7 Å². The zero-order chi connectivity index (χ0) is 20.4. The Bertz CT molecular complexity index is 875. The molecule has 156 valence electrons. The van der Waals surface area contributed by atoms with Crippen molar-refractivity contribution in [2.45, 2.75) is 50.6 Å². The molecule has 0 atom stereocenters. The minimum Gasteiger partial charge on any atom is -0.381 e. The van der Waals surface area contributed by atoms with Gasteiger partial charge in [0.2, 0.25) is 5.91 Å². The van der Waals surface area contributed by atoms with E-state index in [1.807, 2.05) is 4.57 Å². The molecular formula is C21H24ClF2N3O2. The third kappa shape index (κ3) is 4.46. The van der Waals surface area contributed by atoms with Crippen molar-refractivity contribution in [1.29, 1.82) is 0 Å². The molecule has 2 aromatic rings. The van der Waals surface area contributed by atoms with Gasteiger partial charge in [-0.2, -0.15) is 0 Å². The maximum atomic E-state index is 13.5. The number of benzene rings is 1. The molecule has 1 aliphatic heterocycles. The van der Waals surface area contributed by atoms with E-state index in [0.29, 0.717) is 29.6 Å². The predicted octanol–water partition coefficient (Wildman–Crippen LogP) is 4.51. The van der Waals surface area contributed by atoms with Crippen LogP contribution in [-0.2, 0) is 9.53 Å². The van der Waals surface area contributed by atoms with Crippen LogP contribution >= 0.6 is 11.6 Å². The van der Waals surface area contributed by atoms with Crippen molar-refractivity contribution in [3.05, 3.63) is 41.3 Å². The Kier molecular flexibility index (Phi) is 6.15. The van der Waals surface area contributed by atoms with Crippen molar-refractivity contribution in [3.8, 4) is 11.3 Å². The number of carbonyl (C=O) groups excluding carboxylic acids is 1. The quantitative estimate of drug-likeness (QED) is 0.787. The minimum absolute atomic E-state index is 0.0158. The van der Waals surface area contributed by atoms with Crippen molar-refractivity contribution in [1.82, 2.24) is 14.9 Å². The van der Waals surface area contributed by atoms with Crippen molar-refractivity contribution in [2.75, 3.05) is 13.2 Å². The highest BCUT2D eigenvalue weighted by Gasteiger charge is 2.30. The van der Waals surface area contributed by atoms with Gasteiger partial charge in [-0.15, -0.1) is 0 Å². The van der Waals surface area contributed by atoms with Crippen molar-refractivity contribution >= 4 is 17.5 Å². The second kappa shape index (κ2) is 8.79. The maximum absolute atomic E-state index is 13.5. The number of ether oxygens (including phenoxy) is 1.